The van der Waals surface area contributed by atoms with Crippen molar-refractivity contribution in [3.8, 4) is 0 Å². The van der Waals surface area contributed by atoms with Crippen molar-refractivity contribution in [3.63, 3.8) is 0 Å². The molecule has 1 rings (SSSR count). The zero-order valence-corrected chi connectivity index (χ0v) is 11.3. The molecule has 0 saturated heterocycles. The number of benzene rings is 1. The van der Waals surface area contributed by atoms with Crippen LogP contribution in [0.15, 0.2) is 18.2 Å². The van der Waals surface area contributed by atoms with Crippen LogP contribution in [0.1, 0.15) is 12.0 Å². The predicted molar refractivity (Wildman–Crippen MR) is 73.8 cm³/mol. The van der Waals surface area contributed by atoms with Crippen molar-refractivity contribution < 1.29 is 9.90 Å². The van der Waals surface area contributed by atoms with E-state index >= 15 is 0 Å². The first-order chi connectivity index (χ1) is 8.15. The second-order valence-corrected chi connectivity index (χ2v) is 5.10. The maximum Gasteiger partial charge on any atom is 0.234 e. The van der Waals surface area contributed by atoms with Gasteiger partial charge in [0, 0.05) is 17.3 Å². The Morgan fingerprint density at radius 1 is 1.53 bits per heavy atom. The van der Waals surface area contributed by atoms with Gasteiger partial charge in [0.2, 0.25) is 5.91 Å². The number of nitrogens with one attached hydrogen (secondary N) is 1. The van der Waals surface area contributed by atoms with E-state index in [1.165, 1.54) is 11.8 Å². The van der Waals surface area contributed by atoms with Crippen molar-refractivity contribution >= 4 is 35.0 Å². The highest BCUT2D eigenvalue weighted by molar-refractivity contribution is 7.99. The zero-order chi connectivity index (χ0) is 12.7. The van der Waals surface area contributed by atoms with Crippen LogP contribution >= 0.6 is 23.4 Å². The fourth-order valence-corrected chi connectivity index (χ4v) is 2.17. The van der Waals surface area contributed by atoms with Crippen LogP contribution in [-0.4, -0.2) is 29.1 Å². The van der Waals surface area contributed by atoms with Gasteiger partial charge in [-0.1, -0.05) is 17.7 Å². The van der Waals surface area contributed by atoms with Gasteiger partial charge in [-0.05, 0) is 36.8 Å². The number of hydrogen-bond donors (Lipinski definition) is 2. The summed E-state index contributed by atoms with van der Waals surface area (Å²) >= 11 is 7.47. The van der Waals surface area contributed by atoms with E-state index in [1.54, 1.807) is 6.07 Å². The summed E-state index contributed by atoms with van der Waals surface area (Å²) in [6.45, 7) is 2.04. The standard InChI is InChI=1S/C12H16ClNO2S/c1-9-10(13)4-2-5-11(9)14-12(16)8-17-7-3-6-15/h2,4-5,15H,3,6-8H2,1H3,(H,14,16). The summed E-state index contributed by atoms with van der Waals surface area (Å²) in [5, 5.41) is 12.1. The normalized spacial score (nSPS) is 10.3. The quantitative estimate of drug-likeness (QED) is 0.784. The van der Waals surface area contributed by atoms with E-state index in [0.29, 0.717) is 17.2 Å². The van der Waals surface area contributed by atoms with Gasteiger partial charge in [0.25, 0.3) is 0 Å². The molecule has 0 unspecified atom stereocenters. The summed E-state index contributed by atoms with van der Waals surface area (Å²) < 4.78 is 0. The minimum Gasteiger partial charge on any atom is -0.396 e. The number of anilines is 1. The van der Waals surface area contributed by atoms with Gasteiger partial charge in [0.15, 0.2) is 0 Å². The molecule has 5 heteroatoms. The number of amides is 1. The Morgan fingerprint density at radius 3 is 3.00 bits per heavy atom. The molecule has 0 bridgehead atoms. The van der Waals surface area contributed by atoms with Gasteiger partial charge >= 0.3 is 0 Å². The summed E-state index contributed by atoms with van der Waals surface area (Å²) in [5.74, 6) is 1.14. The monoisotopic (exact) mass is 273 g/mol. The predicted octanol–water partition coefficient (Wildman–Crippen LogP) is 2.70. The molecule has 0 spiro atoms. The molecule has 0 aromatic heterocycles. The molecule has 1 amide bonds. The van der Waals surface area contributed by atoms with Crippen LogP contribution in [0, 0.1) is 6.92 Å². The van der Waals surface area contributed by atoms with E-state index in [2.05, 4.69) is 5.32 Å². The van der Waals surface area contributed by atoms with Crippen LogP contribution in [0.2, 0.25) is 5.02 Å². The van der Waals surface area contributed by atoms with Gasteiger partial charge in [0.1, 0.15) is 0 Å². The molecular formula is C12H16ClNO2S. The molecule has 0 radical (unpaired) electrons. The van der Waals surface area contributed by atoms with E-state index < -0.39 is 0 Å². The number of halogens is 1. The summed E-state index contributed by atoms with van der Waals surface area (Å²) in [4.78, 5) is 11.6. The fraction of sp³-hybridized carbons (Fsp3) is 0.417. The molecule has 1 aromatic carbocycles. The van der Waals surface area contributed by atoms with Gasteiger partial charge in [-0.15, -0.1) is 0 Å². The van der Waals surface area contributed by atoms with Crippen molar-refractivity contribution in [1.82, 2.24) is 0 Å². The second-order valence-electron chi connectivity index (χ2n) is 3.59. The smallest absolute Gasteiger partial charge is 0.234 e. The van der Waals surface area contributed by atoms with E-state index in [1.807, 2.05) is 19.1 Å². The Balaban J connectivity index is 2.43. The number of aliphatic hydroxyl groups excluding tert-OH is 1. The lowest BCUT2D eigenvalue weighted by molar-refractivity contribution is -0.113. The number of rotatable bonds is 6. The first kappa shape index (κ1) is 14.4. The van der Waals surface area contributed by atoms with Crippen LogP contribution in [0.3, 0.4) is 0 Å². The minimum absolute atomic E-state index is 0.0432. The van der Waals surface area contributed by atoms with Gasteiger partial charge in [-0.3, -0.25) is 4.79 Å². The third-order valence-electron chi connectivity index (χ3n) is 2.22. The highest BCUT2D eigenvalue weighted by Gasteiger charge is 2.06. The van der Waals surface area contributed by atoms with E-state index in [4.69, 9.17) is 16.7 Å². The van der Waals surface area contributed by atoms with Crippen molar-refractivity contribution in [2.45, 2.75) is 13.3 Å². The zero-order valence-electron chi connectivity index (χ0n) is 9.70. The average molecular weight is 274 g/mol. The molecule has 0 atom stereocenters. The number of hydrogen-bond acceptors (Lipinski definition) is 3. The van der Waals surface area contributed by atoms with Gasteiger partial charge in [0.05, 0.1) is 5.75 Å². The lowest BCUT2D eigenvalue weighted by Crippen LogP contribution is -2.15. The van der Waals surface area contributed by atoms with Crippen LogP contribution in [-0.2, 0) is 4.79 Å². The summed E-state index contributed by atoms with van der Waals surface area (Å²) in [6.07, 6.45) is 0.716. The minimum atomic E-state index is -0.0432. The lowest BCUT2D eigenvalue weighted by atomic mass is 10.2. The molecule has 0 heterocycles. The molecule has 0 aliphatic carbocycles. The lowest BCUT2D eigenvalue weighted by Gasteiger charge is -2.09. The molecule has 0 aliphatic heterocycles. The third-order valence-corrected chi connectivity index (χ3v) is 3.67. The molecule has 0 aliphatic rings. The number of carbonyl (C=O) groups is 1. The SMILES string of the molecule is Cc1c(Cl)cccc1NC(=O)CSCCCO. The molecule has 3 nitrogen and oxygen atoms in total. The van der Waals surface area contributed by atoms with E-state index in [-0.39, 0.29) is 12.5 Å². The van der Waals surface area contributed by atoms with Crippen molar-refractivity contribution in [2.24, 2.45) is 0 Å². The van der Waals surface area contributed by atoms with Crippen LogP contribution in [0.4, 0.5) is 5.69 Å². The van der Waals surface area contributed by atoms with Crippen molar-refractivity contribution in [2.75, 3.05) is 23.4 Å². The molecule has 17 heavy (non-hydrogen) atoms. The maximum absolute atomic E-state index is 11.6. The summed E-state index contributed by atoms with van der Waals surface area (Å²) in [5.41, 5.74) is 1.63. The van der Waals surface area contributed by atoms with E-state index in [9.17, 15) is 4.79 Å². The Kier molecular flexibility index (Phi) is 6.40. The highest BCUT2D eigenvalue weighted by Crippen LogP contribution is 2.23. The first-order valence-electron chi connectivity index (χ1n) is 5.38. The van der Waals surface area contributed by atoms with Gasteiger partial charge < -0.3 is 10.4 Å². The largest absolute Gasteiger partial charge is 0.396 e. The maximum atomic E-state index is 11.6. The van der Waals surface area contributed by atoms with Gasteiger partial charge in [-0.25, -0.2) is 0 Å². The number of aliphatic hydroxyl groups is 1. The molecule has 1 aromatic rings. The Morgan fingerprint density at radius 2 is 2.29 bits per heavy atom. The Hall–Kier alpha value is -0.710. The average Bonchev–Trinajstić information content (AvgIpc) is 2.31. The van der Waals surface area contributed by atoms with Crippen LogP contribution in [0.5, 0.6) is 0 Å². The molecule has 2 N–H and O–H groups in total. The molecule has 0 fully saturated rings. The van der Waals surface area contributed by atoms with Crippen molar-refractivity contribution in [1.29, 1.82) is 0 Å². The van der Waals surface area contributed by atoms with Crippen molar-refractivity contribution in [3.05, 3.63) is 28.8 Å². The van der Waals surface area contributed by atoms with E-state index in [0.717, 1.165) is 17.0 Å². The first-order valence-corrected chi connectivity index (χ1v) is 6.92. The summed E-state index contributed by atoms with van der Waals surface area (Å²) in [7, 11) is 0. The topological polar surface area (TPSA) is 49.3 Å². The molecular weight excluding hydrogens is 258 g/mol. The number of carbonyl (C=O) groups excluding carboxylic acids is 1. The Bertz CT molecular complexity index is 385. The van der Waals surface area contributed by atoms with Crippen LogP contribution in [0.25, 0.3) is 0 Å². The molecule has 0 saturated carbocycles. The second kappa shape index (κ2) is 7.58. The number of thioether (sulfide) groups is 1. The molecule has 94 valence electrons. The fourth-order valence-electron chi connectivity index (χ4n) is 1.26. The Labute approximate surface area is 111 Å². The third kappa shape index (κ3) is 4.98. The highest BCUT2D eigenvalue weighted by atomic mass is 35.5. The summed E-state index contributed by atoms with van der Waals surface area (Å²) in [6, 6.07) is 5.43. The van der Waals surface area contributed by atoms with Gasteiger partial charge in [-0.2, -0.15) is 11.8 Å². The van der Waals surface area contributed by atoms with Crippen LogP contribution < -0.4 is 5.32 Å².